The number of nitrogens with one attached hydrogen (secondary N) is 1. The van der Waals surface area contributed by atoms with Gasteiger partial charge in [0.05, 0.1) is 0 Å². The van der Waals surface area contributed by atoms with Gasteiger partial charge < -0.3 is 11.1 Å². The van der Waals surface area contributed by atoms with E-state index in [1.807, 2.05) is 0 Å². The summed E-state index contributed by atoms with van der Waals surface area (Å²) < 4.78 is 0. The summed E-state index contributed by atoms with van der Waals surface area (Å²) in [5.74, 6) is 2.51. The molecule has 114 valence electrons. The van der Waals surface area contributed by atoms with Gasteiger partial charge >= 0.3 is 0 Å². The summed E-state index contributed by atoms with van der Waals surface area (Å²) in [7, 11) is 0. The zero-order chi connectivity index (χ0) is 13.9. The molecule has 2 unspecified atom stereocenters. The van der Waals surface area contributed by atoms with E-state index >= 15 is 0 Å². The predicted molar refractivity (Wildman–Crippen MR) is 81.1 cm³/mol. The third-order valence-electron chi connectivity index (χ3n) is 6.07. The molecule has 0 aromatic heterocycles. The molecule has 20 heavy (non-hydrogen) atoms. The minimum atomic E-state index is 0.244. The summed E-state index contributed by atoms with van der Waals surface area (Å²) in [4.78, 5) is 12.4. The van der Waals surface area contributed by atoms with Crippen LogP contribution in [0.1, 0.15) is 64.2 Å². The van der Waals surface area contributed by atoms with Crippen molar-refractivity contribution in [1.29, 1.82) is 0 Å². The number of fused-ring (bicyclic) bond motifs is 2. The van der Waals surface area contributed by atoms with E-state index in [9.17, 15) is 4.79 Å². The third kappa shape index (κ3) is 3.19. The fourth-order valence-electron chi connectivity index (χ4n) is 4.78. The monoisotopic (exact) mass is 278 g/mol. The highest BCUT2D eigenvalue weighted by molar-refractivity contribution is 5.78. The number of rotatable bonds is 3. The van der Waals surface area contributed by atoms with Crippen LogP contribution in [0.5, 0.6) is 0 Å². The first kappa shape index (κ1) is 14.4. The van der Waals surface area contributed by atoms with Gasteiger partial charge in [-0.05, 0) is 56.3 Å². The lowest BCUT2D eigenvalue weighted by molar-refractivity contribution is -0.128. The Kier molecular flexibility index (Phi) is 4.65. The number of carbonyl (C=O) groups excluding carboxylic acids is 1. The maximum atomic E-state index is 12.4. The Morgan fingerprint density at radius 1 is 0.950 bits per heavy atom. The third-order valence-corrected chi connectivity index (χ3v) is 6.07. The lowest BCUT2D eigenvalue weighted by atomic mass is 9.65. The molecule has 3 N–H and O–H groups in total. The van der Waals surface area contributed by atoms with E-state index in [2.05, 4.69) is 5.32 Å². The second kappa shape index (κ2) is 6.46. The molecular formula is C17H30N2O. The zero-order valence-corrected chi connectivity index (χ0v) is 12.7. The molecule has 3 heteroatoms. The highest BCUT2D eigenvalue weighted by Crippen LogP contribution is 2.41. The van der Waals surface area contributed by atoms with Gasteiger partial charge in [0.2, 0.25) is 5.91 Å². The summed E-state index contributed by atoms with van der Waals surface area (Å²) in [5.41, 5.74) is 6.31. The van der Waals surface area contributed by atoms with Gasteiger partial charge in [-0.2, -0.15) is 0 Å². The summed E-state index contributed by atoms with van der Waals surface area (Å²) in [5, 5.41) is 3.25. The summed E-state index contributed by atoms with van der Waals surface area (Å²) in [6, 6.07) is 0.367. The van der Waals surface area contributed by atoms with Crippen LogP contribution in [0.4, 0.5) is 0 Å². The van der Waals surface area contributed by atoms with Gasteiger partial charge in [0.1, 0.15) is 0 Å². The molecule has 0 aromatic rings. The Morgan fingerprint density at radius 3 is 2.25 bits per heavy atom. The highest BCUT2D eigenvalue weighted by Gasteiger charge is 2.40. The Bertz CT molecular complexity index is 324. The maximum absolute atomic E-state index is 12.4. The second-order valence-electron chi connectivity index (χ2n) is 7.45. The molecular weight excluding hydrogens is 248 g/mol. The van der Waals surface area contributed by atoms with E-state index in [1.54, 1.807) is 0 Å². The van der Waals surface area contributed by atoms with Crippen LogP contribution in [0.15, 0.2) is 0 Å². The Hall–Kier alpha value is -0.570. The maximum Gasteiger partial charge on any atom is 0.223 e. The van der Waals surface area contributed by atoms with E-state index in [1.165, 1.54) is 51.4 Å². The second-order valence-corrected chi connectivity index (χ2v) is 7.45. The van der Waals surface area contributed by atoms with E-state index in [0.29, 0.717) is 23.8 Å². The summed E-state index contributed by atoms with van der Waals surface area (Å²) in [6.07, 6.45) is 12.6. The molecule has 0 aromatic carbocycles. The lowest BCUT2D eigenvalue weighted by Gasteiger charge is -2.43. The van der Waals surface area contributed by atoms with E-state index in [-0.39, 0.29) is 5.92 Å². The van der Waals surface area contributed by atoms with Crippen molar-refractivity contribution in [2.24, 2.45) is 29.4 Å². The molecule has 0 saturated heterocycles. The SMILES string of the molecule is NC1C2CCCC1CC(C(=O)NCC1CCCCC1)C2. The molecule has 0 spiro atoms. The van der Waals surface area contributed by atoms with Crippen molar-refractivity contribution >= 4 is 5.91 Å². The fourth-order valence-corrected chi connectivity index (χ4v) is 4.78. The average molecular weight is 278 g/mol. The molecule has 2 atom stereocenters. The van der Waals surface area contributed by atoms with E-state index in [0.717, 1.165) is 25.3 Å². The Labute approximate surface area is 123 Å². The summed E-state index contributed by atoms with van der Waals surface area (Å²) >= 11 is 0. The molecule has 3 saturated carbocycles. The standard InChI is InChI=1S/C17H30N2O/c18-16-13-7-4-8-14(16)10-15(9-13)17(20)19-11-12-5-2-1-3-6-12/h12-16H,1-11,18H2,(H,19,20). The fraction of sp³-hybridized carbons (Fsp3) is 0.941. The van der Waals surface area contributed by atoms with Crippen molar-refractivity contribution in [2.75, 3.05) is 6.54 Å². The van der Waals surface area contributed by atoms with Gasteiger partial charge in [-0.1, -0.05) is 25.7 Å². The van der Waals surface area contributed by atoms with Crippen LogP contribution in [0.3, 0.4) is 0 Å². The minimum absolute atomic E-state index is 0.244. The van der Waals surface area contributed by atoms with Crippen molar-refractivity contribution in [3.8, 4) is 0 Å². The van der Waals surface area contributed by atoms with E-state index in [4.69, 9.17) is 5.73 Å². The minimum Gasteiger partial charge on any atom is -0.356 e. The Morgan fingerprint density at radius 2 is 1.60 bits per heavy atom. The van der Waals surface area contributed by atoms with Gasteiger partial charge in [0.25, 0.3) is 0 Å². The van der Waals surface area contributed by atoms with Crippen LogP contribution >= 0.6 is 0 Å². The van der Waals surface area contributed by atoms with Gasteiger partial charge in [-0.25, -0.2) is 0 Å². The lowest BCUT2D eigenvalue weighted by Crippen LogP contribution is -2.49. The zero-order valence-electron chi connectivity index (χ0n) is 12.7. The van der Waals surface area contributed by atoms with Crippen LogP contribution in [-0.2, 0) is 4.79 Å². The summed E-state index contributed by atoms with van der Waals surface area (Å²) in [6.45, 7) is 0.913. The molecule has 0 aliphatic heterocycles. The van der Waals surface area contributed by atoms with Crippen molar-refractivity contribution in [3.05, 3.63) is 0 Å². The smallest absolute Gasteiger partial charge is 0.223 e. The van der Waals surface area contributed by atoms with Crippen molar-refractivity contribution in [2.45, 2.75) is 70.3 Å². The van der Waals surface area contributed by atoms with Crippen LogP contribution in [-0.4, -0.2) is 18.5 Å². The van der Waals surface area contributed by atoms with Crippen LogP contribution < -0.4 is 11.1 Å². The molecule has 3 nitrogen and oxygen atoms in total. The van der Waals surface area contributed by atoms with Gasteiger partial charge in [0, 0.05) is 18.5 Å². The number of hydrogen-bond donors (Lipinski definition) is 2. The quantitative estimate of drug-likeness (QED) is 0.834. The van der Waals surface area contributed by atoms with Gasteiger partial charge in [-0.15, -0.1) is 0 Å². The first-order valence-electron chi connectivity index (χ1n) is 8.77. The Balaban J connectivity index is 1.47. The largest absolute Gasteiger partial charge is 0.356 e. The topological polar surface area (TPSA) is 55.1 Å². The molecule has 0 radical (unpaired) electrons. The van der Waals surface area contributed by atoms with Crippen LogP contribution in [0, 0.1) is 23.7 Å². The van der Waals surface area contributed by atoms with Crippen molar-refractivity contribution in [3.63, 3.8) is 0 Å². The number of hydrogen-bond acceptors (Lipinski definition) is 2. The predicted octanol–water partition coefficient (Wildman–Crippen LogP) is 2.84. The molecule has 3 aliphatic rings. The first-order valence-corrected chi connectivity index (χ1v) is 8.77. The molecule has 3 aliphatic carbocycles. The number of carbonyl (C=O) groups is 1. The van der Waals surface area contributed by atoms with Gasteiger partial charge in [0.15, 0.2) is 0 Å². The van der Waals surface area contributed by atoms with Crippen molar-refractivity contribution in [1.82, 2.24) is 5.32 Å². The van der Waals surface area contributed by atoms with Crippen molar-refractivity contribution < 1.29 is 4.79 Å². The first-order chi connectivity index (χ1) is 9.74. The van der Waals surface area contributed by atoms with Gasteiger partial charge in [-0.3, -0.25) is 4.79 Å². The van der Waals surface area contributed by atoms with Crippen LogP contribution in [0.2, 0.25) is 0 Å². The van der Waals surface area contributed by atoms with Crippen LogP contribution in [0.25, 0.3) is 0 Å². The molecule has 1 amide bonds. The molecule has 0 heterocycles. The number of nitrogens with two attached hydrogens (primary N) is 1. The number of amides is 1. The molecule has 2 bridgehead atoms. The van der Waals surface area contributed by atoms with E-state index < -0.39 is 0 Å². The highest BCUT2D eigenvalue weighted by atomic mass is 16.1. The average Bonchev–Trinajstić information content (AvgIpc) is 2.45. The molecule has 3 fully saturated rings. The molecule has 3 rings (SSSR count). The normalized spacial score (nSPS) is 38.5.